The fraction of sp³-hybridized carbons (Fsp3) is 0.250. The molecule has 0 saturated carbocycles. The second kappa shape index (κ2) is 8.04. The minimum atomic E-state index is -0.480. The Morgan fingerprint density at radius 3 is 2.57 bits per heavy atom. The van der Waals surface area contributed by atoms with Crippen LogP contribution in [0.2, 0.25) is 10.2 Å². The van der Waals surface area contributed by atoms with E-state index in [1.165, 1.54) is 12.1 Å². The maximum Gasteiger partial charge on any atom is 0.275 e. The maximum absolute atomic E-state index is 12.4. The summed E-state index contributed by atoms with van der Waals surface area (Å²) in [4.78, 5) is 16.4. The summed E-state index contributed by atoms with van der Waals surface area (Å²) in [6.07, 6.45) is 0. The van der Waals surface area contributed by atoms with Gasteiger partial charge in [-0.2, -0.15) is 0 Å². The normalized spacial score (nSPS) is 10.3. The van der Waals surface area contributed by atoms with E-state index >= 15 is 0 Å². The molecule has 2 aromatic rings. The first-order valence-electron chi connectivity index (χ1n) is 7.08. The number of nitrogens with zero attached hydrogens (tertiary/aromatic N) is 1. The molecule has 2 rings (SSSR count). The van der Waals surface area contributed by atoms with Crippen molar-refractivity contribution in [3.63, 3.8) is 0 Å². The van der Waals surface area contributed by atoms with Gasteiger partial charge >= 0.3 is 0 Å². The number of amides is 1. The molecule has 0 spiro atoms. The summed E-state index contributed by atoms with van der Waals surface area (Å²) in [6.45, 7) is 4.72. The van der Waals surface area contributed by atoms with Crippen LogP contribution >= 0.6 is 23.2 Å². The Bertz CT molecular complexity index is 708. The van der Waals surface area contributed by atoms with Crippen molar-refractivity contribution in [1.82, 2.24) is 4.98 Å². The summed E-state index contributed by atoms with van der Waals surface area (Å²) >= 11 is 11.8. The summed E-state index contributed by atoms with van der Waals surface area (Å²) < 4.78 is 11.0. The number of ether oxygens (including phenoxy) is 2. The predicted octanol–water partition coefficient (Wildman–Crippen LogP) is 4.44. The van der Waals surface area contributed by atoms with E-state index in [1.807, 2.05) is 13.8 Å². The van der Waals surface area contributed by atoms with Crippen LogP contribution in [0.1, 0.15) is 24.3 Å². The molecule has 0 fully saturated rings. The third-order valence-electron chi connectivity index (χ3n) is 2.84. The number of pyridine rings is 1. The third kappa shape index (κ3) is 4.50. The minimum absolute atomic E-state index is 0.0448. The third-order valence-corrected chi connectivity index (χ3v) is 3.35. The second-order valence-corrected chi connectivity index (χ2v) is 5.24. The molecule has 0 aliphatic rings. The lowest BCUT2D eigenvalue weighted by atomic mass is 10.2. The first-order chi connectivity index (χ1) is 11.0. The first kappa shape index (κ1) is 17.4. The highest BCUT2D eigenvalue weighted by molar-refractivity contribution is 6.35. The number of carbonyl (C=O) groups excluding carboxylic acids is 1. The van der Waals surface area contributed by atoms with E-state index in [0.29, 0.717) is 30.4 Å². The molecule has 1 heterocycles. The van der Waals surface area contributed by atoms with Crippen molar-refractivity contribution in [2.24, 2.45) is 0 Å². The van der Waals surface area contributed by atoms with Gasteiger partial charge in [0.2, 0.25) is 0 Å². The van der Waals surface area contributed by atoms with E-state index in [4.69, 9.17) is 32.7 Å². The minimum Gasteiger partial charge on any atom is -0.494 e. The largest absolute Gasteiger partial charge is 0.494 e. The van der Waals surface area contributed by atoms with Gasteiger partial charge in [0.1, 0.15) is 22.3 Å². The molecule has 0 atom stereocenters. The highest BCUT2D eigenvalue weighted by Crippen LogP contribution is 2.30. The van der Waals surface area contributed by atoms with Crippen LogP contribution in [0, 0.1) is 0 Å². The van der Waals surface area contributed by atoms with E-state index in [9.17, 15) is 4.79 Å². The molecule has 0 radical (unpaired) electrons. The van der Waals surface area contributed by atoms with E-state index in [0.717, 1.165) is 0 Å². The highest BCUT2D eigenvalue weighted by atomic mass is 35.5. The van der Waals surface area contributed by atoms with Gasteiger partial charge in [0.15, 0.2) is 0 Å². The smallest absolute Gasteiger partial charge is 0.275 e. The molecule has 0 aliphatic carbocycles. The van der Waals surface area contributed by atoms with Crippen molar-refractivity contribution >= 4 is 34.8 Å². The van der Waals surface area contributed by atoms with Gasteiger partial charge in [-0.05, 0) is 38.1 Å². The average Bonchev–Trinajstić information content (AvgIpc) is 2.52. The zero-order valence-corrected chi connectivity index (χ0v) is 14.2. The topological polar surface area (TPSA) is 60.5 Å². The Balaban J connectivity index is 2.31. The van der Waals surface area contributed by atoms with Gasteiger partial charge in [0, 0.05) is 6.07 Å². The zero-order valence-electron chi connectivity index (χ0n) is 12.7. The van der Waals surface area contributed by atoms with E-state index in [2.05, 4.69) is 10.3 Å². The maximum atomic E-state index is 12.4. The molecule has 122 valence electrons. The number of rotatable bonds is 6. The summed E-state index contributed by atoms with van der Waals surface area (Å²) in [5, 5.41) is 3.13. The highest BCUT2D eigenvalue weighted by Gasteiger charge is 2.16. The first-order valence-corrected chi connectivity index (χ1v) is 7.83. The monoisotopic (exact) mass is 354 g/mol. The van der Waals surface area contributed by atoms with Crippen LogP contribution in [0.4, 0.5) is 5.69 Å². The van der Waals surface area contributed by atoms with E-state index in [-0.39, 0.29) is 15.9 Å². The molecule has 0 aliphatic heterocycles. The summed E-state index contributed by atoms with van der Waals surface area (Å²) in [6, 6.07) is 8.23. The number of carbonyl (C=O) groups is 1. The second-order valence-electron chi connectivity index (χ2n) is 4.44. The van der Waals surface area contributed by atoms with Gasteiger partial charge in [-0.25, -0.2) is 4.98 Å². The lowest BCUT2D eigenvalue weighted by Gasteiger charge is -2.13. The molecule has 1 aromatic carbocycles. The molecule has 7 heteroatoms. The van der Waals surface area contributed by atoms with Crippen LogP contribution in [0.3, 0.4) is 0 Å². The number of anilines is 1. The Morgan fingerprint density at radius 2 is 1.87 bits per heavy atom. The molecular formula is C16H16Cl2N2O3. The van der Waals surface area contributed by atoms with Gasteiger partial charge in [0.05, 0.1) is 23.9 Å². The van der Waals surface area contributed by atoms with Crippen molar-refractivity contribution in [3.8, 4) is 11.5 Å². The Hall–Kier alpha value is -1.98. The SMILES string of the molecule is CCOc1ccc(OCC)c(NC(=O)c2nc(Cl)ccc2Cl)c1. The van der Waals surface area contributed by atoms with Crippen molar-refractivity contribution in [3.05, 3.63) is 46.2 Å². The lowest BCUT2D eigenvalue weighted by Crippen LogP contribution is -2.15. The molecule has 1 amide bonds. The van der Waals surface area contributed by atoms with Gasteiger partial charge in [0.25, 0.3) is 5.91 Å². The average molecular weight is 355 g/mol. The number of nitrogens with one attached hydrogen (secondary N) is 1. The van der Waals surface area contributed by atoms with Gasteiger partial charge in [-0.15, -0.1) is 0 Å². The number of hydrogen-bond acceptors (Lipinski definition) is 4. The number of halogens is 2. The van der Waals surface area contributed by atoms with Crippen LogP contribution in [0.5, 0.6) is 11.5 Å². The quantitative estimate of drug-likeness (QED) is 0.779. The van der Waals surface area contributed by atoms with Gasteiger partial charge in [-0.1, -0.05) is 23.2 Å². The lowest BCUT2D eigenvalue weighted by molar-refractivity contribution is 0.102. The summed E-state index contributed by atoms with van der Waals surface area (Å²) in [5.41, 5.74) is 0.518. The molecule has 23 heavy (non-hydrogen) atoms. The Kier molecular flexibility index (Phi) is 6.07. The Morgan fingerprint density at radius 1 is 1.13 bits per heavy atom. The van der Waals surface area contributed by atoms with E-state index < -0.39 is 5.91 Å². The predicted molar refractivity (Wildman–Crippen MR) is 91.0 cm³/mol. The van der Waals surface area contributed by atoms with Crippen LogP contribution in [0.15, 0.2) is 30.3 Å². The molecular weight excluding hydrogens is 339 g/mol. The number of hydrogen-bond donors (Lipinski definition) is 1. The van der Waals surface area contributed by atoms with Crippen LogP contribution in [0.25, 0.3) is 0 Å². The van der Waals surface area contributed by atoms with Gasteiger partial charge < -0.3 is 14.8 Å². The van der Waals surface area contributed by atoms with Crippen molar-refractivity contribution in [2.45, 2.75) is 13.8 Å². The van der Waals surface area contributed by atoms with E-state index in [1.54, 1.807) is 18.2 Å². The van der Waals surface area contributed by atoms with Crippen molar-refractivity contribution in [2.75, 3.05) is 18.5 Å². The molecule has 0 bridgehead atoms. The van der Waals surface area contributed by atoms with Gasteiger partial charge in [-0.3, -0.25) is 4.79 Å². The molecule has 5 nitrogen and oxygen atoms in total. The number of benzene rings is 1. The van der Waals surface area contributed by atoms with Crippen LogP contribution in [-0.2, 0) is 0 Å². The Labute approximate surface area is 144 Å². The zero-order chi connectivity index (χ0) is 16.8. The molecule has 0 saturated heterocycles. The summed E-state index contributed by atoms with van der Waals surface area (Å²) in [5.74, 6) is 0.672. The molecule has 1 aromatic heterocycles. The summed E-state index contributed by atoms with van der Waals surface area (Å²) in [7, 11) is 0. The van der Waals surface area contributed by atoms with Crippen molar-refractivity contribution in [1.29, 1.82) is 0 Å². The number of aromatic nitrogens is 1. The standard InChI is InChI=1S/C16H16Cl2N2O3/c1-3-22-10-5-7-13(23-4-2)12(9-10)19-16(21)15-11(17)6-8-14(18)20-15/h5-9H,3-4H2,1-2H3,(H,19,21). The van der Waals surface area contributed by atoms with Crippen LogP contribution in [-0.4, -0.2) is 24.1 Å². The molecule has 0 unspecified atom stereocenters. The van der Waals surface area contributed by atoms with Crippen molar-refractivity contribution < 1.29 is 14.3 Å². The molecule has 1 N–H and O–H groups in total. The van der Waals surface area contributed by atoms with Crippen LogP contribution < -0.4 is 14.8 Å². The fourth-order valence-electron chi connectivity index (χ4n) is 1.90. The fourth-order valence-corrected chi connectivity index (χ4v) is 2.24.